The maximum Gasteiger partial charge on any atom is 0.241 e. The Morgan fingerprint density at radius 2 is 2.38 bits per heavy atom. The van der Waals surface area contributed by atoms with Crippen molar-refractivity contribution in [3.8, 4) is 0 Å². The zero-order chi connectivity index (χ0) is 9.90. The SMILES string of the molecule is C=CC[C@@]1(O)CCCC[C@@H]1[N+](=O)[O-]. The van der Waals surface area contributed by atoms with E-state index >= 15 is 0 Å². The van der Waals surface area contributed by atoms with E-state index in [1.165, 1.54) is 0 Å². The molecule has 1 N–H and O–H groups in total. The highest BCUT2D eigenvalue weighted by atomic mass is 16.6. The van der Waals surface area contributed by atoms with E-state index in [0.717, 1.165) is 12.8 Å². The van der Waals surface area contributed by atoms with Gasteiger partial charge in [-0.25, -0.2) is 0 Å². The van der Waals surface area contributed by atoms with Gasteiger partial charge in [0.25, 0.3) is 0 Å². The van der Waals surface area contributed by atoms with Crippen LogP contribution in [0.3, 0.4) is 0 Å². The quantitative estimate of drug-likeness (QED) is 0.412. The molecule has 0 aromatic carbocycles. The Kier molecular flexibility index (Phi) is 3.03. The molecule has 4 heteroatoms. The van der Waals surface area contributed by atoms with Crippen molar-refractivity contribution in [2.24, 2.45) is 0 Å². The number of aliphatic hydroxyl groups is 1. The molecule has 1 rings (SSSR count). The molecule has 1 aliphatic rings. The van der Waals surface area contributed by atoms with E-state index in [2.05, 4.69) is 6.58 Å². The third-order valence-electron chi connectivity index (χ3n) is 2.71. The van der Waals surface area contributed by atoms with E-state index in [1.54, 1.807) is 6.08 Å². The first kappa shape index (κ1) is 10.2. The van der Waals surface area contributed by atoms with E-state index in [9.17, 15) is 15.2 Å². The van der Waals surface area contributed by atoms with Crippen LogP contribution in [-0.2, 0) is 0 Å². The third-order valence-corrected chi connectivity index (χ3v) is 2.71. The zero-order valence-corrected chi connectivity index (χ0v) is 7.61. The second-order valence-electron chi connectivity index (χ2n) is 3.64. The molecule has 1 fully saturated rings. The van der Waals surface area contributed by atoms with Gasteiger partial charge in [-0.05, 0) is 12.8 Å². The van der Waals surface area contributed by atoms with Crippen molar-refractivity contribution in [1.29, 1.82) is 0 Å². The van der Waals surface area contributed by atoms with Gasteiger partial charge in [-0.2, -0.15) is 0 Å². The summed E-state index contributed by atoms with van der Waals surface area (Å²) < 4.78 is 0. The Bertz CT molecular complexity index is 217. The van der Waals surface area contributed by atoms with Crippen LogP contribution in [0.2, 0.25) is 0 Å². The number of hydrogen-bond donors (Lipinski definition) is 1. The fraction of sp³-hybridized carbons (Fsp3) is 0.778. The first-order valence-electron chi connectivity index (χ1n) is 4.57. The van der Waals surface area contributed by atoms with Gasteiger partial charge in [0.15, 0.2) is 0 Å². The van der Waals surface area contributed by atoms with E-state index in [1.807, 2.05) is 0 Å². The molecule has 0 unspecified atom stereocenters. The predicted octanol–water partition coefficient (Wildman–Crippen LogP) is 1.51. The van der Waals surface area contributed by atoms with Crippen LogP contribution in [0.4, 0.5) is 0 Å². The lowest BCUT2D eigenvalue weighted by atomic mass is 9.78. The van der Waals surface area contributed by atoms with Crippen LogP contribution >= 0.6 is 0 Å². The molecule has 74 valence electrons. The van der Waals surface area contributed by atoms with E-state index < -0.39 is 11.6 Å². The highest BCUT2D eigenvalue weighted by molar-refractivity contribution is 4.95. The van der Waals surface area contributed by atoms with Gasteiger partial charge in [-0.3, -0.25) is 10.1 Å². The van der Waals surface area contributed by atoms with Crippen molar-refractivity contribution < 1.29 is 10.0 Å². The molecule has 0 amide bonds. The highest BCUT2D eigenvalue weighted by Gasteiger charge is 2.45. The Morgan fingerprint density at radius 1 is 1.69 bits per heavy atom. The van der Waals surface area contributed by atoms with Gasteiger partial charge < -0.3 is 5.11 Å². The fourth-order valence-corrected chi connectivity index (χ4v) is 1.99. The van der Waals surface area contributed by atoms with Gasteiger partial charge in [-0.1, -0.05) is 12.5 Å². The van der Waals surface area contributed by atoms with E-state index in [0.29, 0.717) is 19.3 Å². The Balaban J connectivity index is 2.76. The minimum atomic E-state index is -1.15. The summed E-state index contributed by atoms with van der Waals surface area (Å²) in [6, 6.07) is -0.806. The van der Waals surface area contributed by atoms with Crippen molar-refractivity contribution in [3.63, 3.8) is 0 Å². The van der Waals surface area contributed by atoms with Crippen LogP contribution in [0.15, 0.2) is 12.7 Å². The summed E-state index contributed by atoms with van der Waals surface area (Å²) in [5.74, 6) is 0. The molecule has 13 heavy (non-hydrogen) atoms. The molecule has 4 nitrogen and oxygen atoms in total. The second kappa shape index (κ2) is 3.87. The average Bonchev–Trinajstić information content (AvgIpc) is 2.04. The van der Waals surface area contributed by atoms with Gasteiger partial charge in [-0.15, -0.1) is 6.58 Å². The number of nitro groups is 1. The molecule has 0 spiro atoms. The molecule has 0 saturated heterocycles. The highest BCUT2D eigenvalue weighted by Crippen LogP contribution is 2.33. The van der Waals surface area contributed by atoms with Gasteiger partial charge >= 0.3 is 0 Å². The standard InChI is InChI=1S/C9H15NO3/c1-2-6-9(11)7-4-3-5-8(9)10(12)13/h2,8,11H,1,3-7H2/t8-,9+/m0/s1. The number of rotatable bonds is 3. The molecular weight excluding hydrogens is 170 g/mol. The second-order valence-corrected chi connectivity index (χ2v) is 3.64. The van der Waals surface area contributed by atoms with Crippen molar-refractivity contribution in [2.75, 3.05) is 0 Å². The van der Waals surface area contributed by atoms with Gasteiger partial charge in [0.05, 0.1) is 0 Å². The molecular formula is C9H15NO3. The summed E-state index contributed by atoms with van der Waals surface area (Å²) in [6.45, 7) is 3.51. The summed E-state index contributed by atoms with van der Waals surface area (Å²) >= 11 is 0. The molecule has 0 aliphatic heterocycles. The first-order valence-corrected chi connectivity index (χ1v) is 4.57. The monoisotopic (exact) mass is 185 g/mol. The van der Waals surface area contributed by atoms with E-state index in [4.69, 9.17) is 0 Å². The van der Waals surface area contributed by atoms with Crippen molar-refractivity contribution >= 4 is 0 Å². The van der Waals surface area contributed by atoms with E-state index in [-0.39, 0.29) is 4.92 Å². The number of nitrogens with zero attached hydrogens (tertiary/aromatic N) is 1. The minimum absolute atomic E-state index is 0.318. The van der Waals surface area contributed by atoms with Gasteiger partial charge in [0.1, 0.15) is 5.60 Å². The van der Waals surface area contributed by atoms with Crippen molar-refractivity contribution in [3.05, 3.63) is 22.8 Å². The van der Waals surface area contributed by atoms with Crippen LogP contribution in [0.25, 0.3) is 0 Å². The van der Waals surface area contributed by atoms with Crippen LogP contribution < -0.4 is 0 Å². The first-order chi connectivity index (χ1) is 6.10. The molecule has 1 aliphatic carbocycles. The van der Waals surface area contributed by atoms with Crippen LogP contribution in [0.1, 0.15) is 32.1 Å². The lowest BCUT2D eigenvalue weighted by Crippen LogP contribution is -2.48. The maximum atomic E-state index is 10.7. The minimum Gasteiger partial charge on any atom is -0.382 e. The third kappa shape index (κ3) is 2.06. The summed E-state index contributed by atoms with van der Waals surface area (Å²) in [5.41, 5.74) is -1.15. The summed E-state index contributed by atoms with van der Waals surface area (Å²) in [4.78, 5) is 10.3. The van der Waals surface area contributed by atoms with Crippen molar-refractivity contribution in [1.82, 2.24) is 0 Å². The fourth-order valence-electron chi connectivity index (χ4n) is 1.99. The molecule has 1 saturated carbocycles. The average molecular weight is 185 g/mol. The summed E-state index contributed by atoms with van der Waals surface area (Å²) in [5, 5.41) is 20.6. The lowest BCUT2D eigenvalue weighted by molar-refractivity contribution is -0.549. The van der Waals surface area contributed by atoms with Crippen molar-refractivity contribution in [2.45, 2.75) is 43.7 Å². The van der Waals surface area contributed by atoms with Crippen LogP contribution in [0, 0.1) is 10.1 Å². The Labute approximate surface area is 77.4 Å². The van der Waals surface area contributed by atoms with Crippen LogP contribution in [0.5, 0.6) is 0 Å². The topological polar surface area (TPSA) is 63.4 Å². The maximum absolute atomic E-state index is 10.7. The lowest BCUT2D eigenvalue weighted by Gasteiger charge is -2.33. The largest absolute Gasteiger partial charge is 0.382 e. The number of hydrogen-bond acceptors (Lipinski definition) is 3. The van der Waals surface area contributed by atoms with Gasteiger partial charge in [0, 0.05) is 17.8 Å². The molecule has 0 aromatic heterocycles. The van der Waals surface area contributed by atoms with Crippen LogP contribution in [-0.4, -0.2) is 21.7 Å². The normalized spacial score (nSPS) is 34.1. The molecule has 0 bridgehead atoms. The van der Waals surface area contributed by atoms with Gasteiger partial charge in [0.2, 0.25) is 6.04 Å². The predicted molar refractivity (Wildman–Crippen MR) is 49.0 cm³/mol. The molecule has 0 radical (unpaired) electrons. The molecule has 0 aromatic rings. The molecule has 0 heterocycles. The zero-order valence-electron chi connectivity index (χ0n) is 7.61. The molecule has 2 atom stereocenters. The summed E-state index contributed by atoms with van der Waals surface area (Å²) in [7, 11) is 0. The summed E-state index contributed by atoms with van der Waals surface area (Å²) in [6.07, 6.45) is 4.59. The Morgan fingerprint density at radius 3 is 2.92 bits per heavy atom. The Hall–Kier alpha value is -0.900. The smallest absolute Gasteiger partial charge is 0.241 e.